The van der Waals surface area contributed by atoms with E-state index >= 15 is 0 Å². The first-order valence-corrected chi connectivity index (χ1v) is 10.8. The zero-order valence-corrected chi connectivity index (χ0v) is 18.3. The van der Waals surface area contributed by atoms with Crippen molar-refractivity contribution in [3.63, 3.8) is 0 Å². The average molecular weight is 379 g/mol. The van der Waals surface area contributed by atoms with Crippen LogP contribution in [-0.2, 0) is 11.2 Å². The highest BCUT2D eigenvalue weighted by molar-refractivity contribution is 5.76. The highest BCUT2D eigenvalue weighted by Gasteiger charge is 2.32. The summed E-state index contributed by atoms with van der Waals surface area (Å²) in [6, 6.07) is 7.01. The van der Waals surface area contributed by atoms with Crippen molar-refractivity contribution in [2.45, 2.75) is 66.9 Å². The van der Waals surface area contributed by atoms with Gasteiger partial charge in [0.1, 0.15) is 5.75 Å². The van der Waals surface area contributed by atoms with Gasteiger partial charge < -0.3 is 9.47 Å². The first kappa shape index (κ1) is 19.5. The van der Waals surface area contributed by atoms with Crippen LogP contribution in [0.3, 0.4) is 0 Å². The van der Waals surface area contributed by atoms with Crippen molar-refractivity contribution in [1.82, 2.24) is 0 Å². The molecule has 0 saturated carbocycles. The molecule has 1 saturated heterocycles. The van der Waals surface area contributed by atoms with E-state index in [9.17, 15) is 0 Å². The lowest BCUT2D eigenvalue weighted by Crippen LogP contribution is -2.37. The predicted molar refractivity (Wildman–Crippen MR) is 116 cm³/mol. The molecule has 0 aliphatic carbocycles. The van der Waals surface area contributed by atoms with Crippen molar-refractivity contribution in [3.05, 3.63) is 51.6 Å². The van der Waals surface area contributed by atoms with Gasteiger partial charge >= 0.3 is 0 Å². The normalized spacial score (nSPS) is 24.6. The first-order chi connectivity index (χ1) is 13.3. The number of benzene rings is 2. The summed E-state index contributed by atoms with van der Waals surface area (Å²) in [6.07, 6.45) is 3.87. The maximum atomic E-state index is 6.37. The van der Waals surface area contributed by atoms with E-state index in [1.54, 1.807) is 0 Å². The number of aryl methyl sites for hydroxylation is 3. The summed E-state index contributed by atoms with van der Waals surface area (Å²) in [5.74, 6) is 2.28. The van der Waals surface area contributed by atoms with Gasteiger partial charge in [0, 0.05) is 12.5 Å². The van der Waals surface area contributed by atoms with E-state index < -0.39 is 0 Å². The molecule has 0 amide bonds. The number of hydrogen-bond donors (Lipinski definition) is 0. The van der Waals surface area contributed by atoms with Gasteiger partial charge in [0.25, 0.3) is 0 Å². The molecule has 0 bridgehead atoms. The Morgan fingerprint density at radius 2 is 1.54 bits per heavy atom. The molecule has 2 aromatic rings. The minimum atomic E-state index is 0.354. The Labute approximate surface area is 170 Å². The smallest absolute Gasteiger partial charge is 0.126 e. The highest BCUT2D eigenvalue weighted by atomic mass is 16.5. The molecule has 0 spiro atoms. The zero-order chi connectivity index (χ0) is 20.0. The fraction of sp³-hybridized carbons (Fsp3) is 0.538. The standard InChI is InChI=1S/C26H34O2/c1-15-7-8-24(27-13-15)23-12-22-11-18(4)25(20(6)26(22)28-14-23)21-9-16(2)19(5)17(3)10-21/h9-11,15,23-24H,7-8,12-14H2,1-6H3/t15-,23?,24+/m0/s1. The predicted octanol–water partition coefficient (Wildman–Crippen LogP) is 6.26. The lowest BCUT2D eigenvalue weighted by molar-refractivity contribution is -0.0559. The molecule has 1 fully saturated rings. The van der Waals surface area contributed by atoms with Gasteiger partial charge in [-0.3, -0.25) is 0 Å². The van der Waals surface area contributed by atoms with Gasteiger partial charge in [-0.15, -0.1) is 0 Å². The second-order valence-corrected chi connectivity index (χ2v) is 9.25. The van der Waals surface area contributed by atoms with Crippen LogP contribution in [-0.4, -0.2) is 19.3 Å². The largest absolute Gasteiger partial charge is 0.493 e. The Balaban J connectivity index is 1.66. The molecule has 2 heterocycles. The third-order valence-electron chi connectivity index (χ3n) is 7.00. The van der Waals surface area contributed by atoms with Crippen LogP contribution in [0.2, 0.25) is 0 Å². The topological polar surface area (TPSA) is 18.5 Å². The summed E-state index contributed by atoms with van der Waals surface area (Å²) in [5.41, 5.74) is 10.7. The van der Waals surface area contributed by atoms with E-state index in [2.05, 4.69) is 59.7 Å². The maximum Gasteiger partial charge on any atom is 0.126 e. The van der Waals surface area contributed by atoms with Crippen molar-refractivity contribution >= 4 is 0 Å². The summed E-state index contributed by atoms with van der Waals surface area (Å²) in [7, 11) is 0. The van der Waals surface area contributed by atoms with Crippen LogP contribution in [0.5, 0.6) is 5.75 Å². The number of ether oxygens (including phenoxy) is 2. The Morgan fingerprint density at radius 1 is 0.821 bits per heavy atom. The zero-order valence-electron chi connectivity index (χ0n) is 18.3. The second-order valence-electron chi connectivity index (χ2n) is 9.25. The van der Waals surface area contributed by atoms with E-state index in [0.717, 1.165) is 25.4 Å². The van der Waals surface area contributed by atoms with Crippen molar-refractivity contribution in [2.24, 2.45) is 11.8 Å². The number of rotatable bonds is 2. The molecule has 2 aliphatic heterocycles. The fourth-order valence-corrected chi connectivity index (χ4v) is 5.07. The molecular weight excluding hydrogens is 344 g/mol. The quantitative estimate of drug-likeness (QED) is 0.614. The molecule has 2 heteroatoms. The van der Waals surface area contributed by atoms with Crippen LogP contribution < -0.4 is 4.74 Å². The Hall–Kier alpha value is -1.80. The molecule has 0 radical (unpaired) electrons. The molecule has 0 N–H and O–H groups in total. The van der Waals surface area contributed by atoms with Gasteiger partial charge in [0.2, 0.25) is 0 Å². The van der Waals surface area contributed by atoms with Gasteiger partial charge in [-0.2, -0.15) is 0 Å². The molecule has 28 heavy (non-hydrogen) atoms. The molecule has 2 aromatic carbocycles. The van der Waals surface area contributed by atoms with E-state index in [1.165, 1.54) is 57.3 Å². The minimum Gasteiger partial charge on any atom is -0.493 e. The summed E-state index contributed by atoms with van der Waals surface area (Å²) < 4.78 is 12.5. The first-order valence-electron chi connectivity index (χ1n) is 10.8. The van der Waals surface area contributed by atoms with E-state index in [0.29, 0.717) is 17.9 Å². The van der Waals surface area contributed by atoms with Gasteiger partial charge in [-0.1, -0.05) is 25.1 Å². The van der Waals surface area contributed by atoms with Crippen molar-refractivity contribution in [1.29, 1.82) is 0 Å². The second kappa shape index (κ2) is 7.55. The molecule has 1 unspecified atom stereocenters. The van der Waals surface area contributed by atoms with Crippen LogP contribution in [0.25, 0.3) is 11.1 Å². The van der Waals surface area contributed by atoms with E-state index in [4.69, 9.17) is 9.47 Å². The Morgan fingerprint density at radius 3 is 2.18 bits per heavy atom. The van der Waals surface area contributed by atoms with Gasteiger partial charge in [0.15, 0.2) is 0 Å². The Bertz CT molecular complexity index is 865. The van der Waals surface area contributed by atoms with Crippen molar-refractivity contribution < 1.29 is 9.47 Å². The third kappa shape index (κ3) is 3.48. The third-order valence-corrected chi connectivity index (χ3v) is 7.00. The number of hydrogen-bond acceptors (Lipinski definition) is 2. The summed E-state index contributed by atoms with van der Waals surface area (Å²) in [4.78, 5) is 0. The Kier molecular flexibility index (Phi) is 5.26. The van der Waals surface area contributed by atoms with Crippen LogP contribution >= 0.6 is 0 Å². The maximum absolute atomic E-state index is 6.37. The summed E-state index contributed by atoms with van der Waals surface area (Å²) >= 11 is 0. The monoisotopic (exact) mass is 378 g/mol. The fourth-order valence-electron chi connectivity index (χ4n) is 5.07. The average Bonchev–Trinajstić information content (AvgIpc) is 2.66. The lowest BCUT2D eigenvalue weighted by atomic mass is 9.83. The summed E-state index contributed by atoms with van der Waals surface area (Å²) in [5, 5.41) is 0. The molecule has 4 rings (SSSR count). The lowest BCUT2D eigenvalue weighted by Gasteiger charge is -2.36. The van der Waals surface area contributed by atoms with Crippen LogP contribution in [0, 0.1) is 46.5 Å². The van der Waals surface area contributed by atoms with Gasteiger partial charge in [-0.05, 0) is 104 Å². The van der Waals surface area contributed by atoms with Crippen LogP contribution in [0.15, 0.2) is 18.2 Å². The molecule has 150 valence electrons. The van der Waals surface area contributed by atoms with E-state index in [-0.39, 0.29) is 0 Å². The van der Waals surface area contributed by atoms with Crippen molar-refractivity contribution in [3.8, 4) is 16.9 Å². The van der Waals surface area contributed by atoms with Gasteiger partial charge in [-0.25, -0.2) is 0 Å². The van der Waals surface area contributed by atoms with Gasteiger partial charge in [0.05, 0.1) is 12.7 Å². The van der Waals surface area contributed by atoms with Crippen LogP contribution in [0.4, 0.5) is 0 Å². The summed E-state index contributed by atoms with van der Waals surface area (Å²) in [6.45, 7) is 15.1. The highest BCUT2D eigenvalue weighted by Crippen LogP contribution is 2.41. The SMILES string of the molecule is Cc1cc(-c2c(C)cc3c(c2C)OCC([C@H]2CC[C@H](C)CO2)C3)cc(C)c1C. The number of fused-ring (bicyclic) bond motifs is 1. The molecular formula is C26H34O2. The molecule has 0 aromatic heterocycles. The van der Waals surface area contributed by atoms with E-state index in [1.807, 2.05) is 0 Å². The minimum absolute atomic E-state index is 0.354. The molecule has 3 atom stereocenters. The van der Waals surface area contributed by atoms with Crippen LogP contribution in [0.1, 0.15) is 53.1 Å². The van der Waals surface area contributed by atoms with Crippen molar-refractivity contribution in [2.75, 3.05) is 13.2 Å². The molecule has 2 aliphatic rings. The molecule has 2 nitrogen and oxygen atoms in total.